The first-order valence-corrected chi connectivity index (χ1v) is 8.83. The second-order valence-electron chi connectivity index (χ2n) is 6.60. The molecule has 25 heavy (non-hydrogen) atoms. The number of piperidine rings is 1. The summed E-state index contributed by atoms with van der Waals surface area (Å²) >= 11 is 0. The quantitative estimate of drug-likeness (QED) is 0.713. The number of hydrogen-bond donors (Lipinski definition) is 0. The van der Waals surface area contributed by atoms with E-state index in [0.29, 0.717) is 5.92 Å². The van der Waals surface area contributed by atoms with Crippen molar-refractivity contribution in [2.45, 2.75) is 32.4 Å². The van der Waals surface area contributed by atoms with Crippen LogP contribution in [0.5, 0.6) is 0 Å². The molecule has 0 aliphatic carbocycles. The number of benzene rings is 1. The molecule has 0 N–H and O–H groups in total. The highest BCUT2D eigenvalue weighted by Crippen LogP contribution is 2.21. The number of amides is 1. The van der Waals surface area contributed by atoms with E-state index in [0.717, 1.165) is 49.9 Å². The minimum Gasteiger partial charge on any atom is -0.341 e. The van der Waals surface area contributed by atoms with Crippen LogP contribution in [0.25, 0.3) is 11.0 Å². The summed E-state index contributed by atoms with van der Waals surface area (Å²) in [5.41, 5.74) is 1.65. The van der Waals surface area contributed by atoms with Crippen molar-refractivity contribution in [3.8, 4) is 0 Å². The van der Waals surface area contributed by atoms with Crippen molar-refractivity contribution < 1.29 is 4.79 Å². The number of nitrogens with zero attached hydrogens (tertiary/aromatic N) is 6. The van der Waals surface area contributed by atoms with E-state index in [9.17, 15) is 4.79 Å². The molecule has 130 valence electrons. The Balaban J connectivity index is 1.27. The Kier molecular flexibility index (Phi) is 4.45. The minimum atomic E-state index is 0.103. The van der Waals surface area contributed by atoms with E-state index in [2.05, 4.69) is 15.3 Å². The zero-order chi connectivity index (χ0) is 17.1. The molecular weight excluding hydrogens is 316 g/mol. The first-order chi connectivity index (χ1) is 12.3. The van der Waals surface area contributed by atoms with E-state index in [1.54, 1.807) is 0 Å². The average Bonchev–Trinajstić information content (AvgIpc) is 3.29. The molecule has 0 bridgehead atoms. The molecule has 7 nitrogen and oxygen atoms in total. The first kappa shape index (κ1) is 15.8. The average molecular weight is 338 g/mol. The van der Waals surface area contributed by atoms with Crippen LogP contribution in [0.3, 0.4) is 0 Å². The van der Waals surface area contributed by atoms with Crippen molar-refractivity contribution >= 4 is 16.9 Å². The molecule has 0 radical (unpaired) electrons. The van der Waals surface area contributed by atoms with Crippen LogP contribution in [0.2, 0.25) is 0 Å². The molecule has 1 aliphatic heterocycles. The molecular formula is C18H22N6O. The number of hydrogen-bond acceptors (Lipinski definition) is 4. The Hall–Kier alpha value is -2.70. The van der Waals surface area contributed by atoms with Gasteiger partial charge >= 0.3 is 0 Å². The molecule has 7 heteroatoms. The standard InChI is InChI=1S/C18H22N6O/c25-18(14-24-20-16-4-1-2-5-17(16)21-24)22-11-6-15(7-12-22)8-13-23-10-3-9-19-23/h1-5,9-10,15H,6-8,11-14H2. The summed E-state index contributed by atoms with van der Waals surface area (Å²) in [7, 11) is 0. The van der Waals surface area contributed by atoms with Crippen LogP contribution in [-0.4, -0.2) is 48.7 Å². The number of rotatable bonds is 5. The molecule has 3 heterocycles. The van der Waals surface area contributed by atoms with Gasteiger partial charge in [-0.25, -0.2) is 0 Å². The van der Waals surface area contributed by atoms with Gasteiger partial charge in [-0.05, 0) is 43.4 Å². The zero-order valence-electron chi connectivity index (χ0n) is 14.2. The Morgan fingerprint density at radius 3 is 2.44 bits per heavy atom. The van der Waals surface area contributed by atoms with Gasteiger partial charge in [0.25, 0.3) is 0 Å². The summed E-state index contributed by atoms with van der Waals surface area (Å²) in [6.07, 6.45) is 7.05. The van der Waals surface area contributed by atoms with Crippen molar-refractivity contribution in [3.05, 3.63) is 42.7 Å². The van der Waals surface area contributed by atoms with Crippen LogP contribution < -0.4 is 0 Å². The molecule has 0 spiro atoms. The number of likely N-dealkylation sites (tertiary alicyclic amines) is 1. The third-order valence-corrected chi connectivity index (χ3v) is 4.90. The second kappa shape index (κ2) is 7.04. The largest absolute Gasteiger partial charge is 0.341 e. The van der Waals surface area contributed by atoms with E-state index in [4.69, 9.17) is 0 Å². The van der Waals surface area contributed by atoms with Gasteiger partial charge in [-0.1, -0.05) is 12.1 Å². The van der Waals surface area contributed by atoms with Crippen LogP contribution in [0.4, 0.5) is 0 Å². The van der Waals surface area contributed by atoms with Crippen molar-refractivity contribution in [1.82, 2.24) is 29.7 Å². The molecule has 1 saturated heterocycles. The molecule has 0 saturated carbocycles. The Labute approximate surface area is 146 Å². The van der Waals surface area contributed by atoms with Gasteiger partial charge in [-0.2, -0.15) is 20.1 Å². The number of aryl methyl sites for hydroxylation is 1. The van der Waals surface area contributed by atoms with Gasteiger partial charge in [0.2, 0.25) is 5.91 Å². The fourth-order valence-corrected chi connectivity index (χ4v) is 3.41. The Morgan fingerprint density at radius 1 is 1.08 bits per heavy atom. The predicted octanol–water partition coefficient (Wildman–Crippen LogP) is 1.96. The first-order valence-electron chi connectivity index (χ1n) is 8.83. The highest BCUT2D eigenvalue weighted by atomic mass is 16.2. The second-order valence-corrected chi connectivity index (χ2v) is 6.60. The van der Waals surface area contributed by atoms with Crippen molar-refractivity contribution in [3.63, 3.8) is 0 Å². The van der Waals surface area contributed by atoms with E-state index in [1.807, 2.05) is 52.3 Å². The highest BCUT2D eigenvalue weighted by Gasteiger charge is 2.23. The zero-order valence-corrected chi connectivity index (χ0v) is 14.2. The highest BCUT2D eigenvalue weighted by molar-refractivity contribution is 5.77. The maximum atomic E-state index is 12.5. The van der Waals surface area contributed by atoms with Crippen LogP contribution in [0.1, 0.15) is 19.3 Å². The van der Waals surface area contributed by atoms with Gasteiger partial charge in [0, 0.05) is 32.0 Å². The lowest BCUT2D eigenvalue weighted by molar-refractivity contribution is -0.133. The minimum absolute atomic E-state index is 0.103. The fraction of sp³-hybridized carbons (Fsp3) is 0.444. The molecule has 1 fully saturated rings. The van der Waals surface area contributed by atoms with Crippen molar-refractivity contribution in [2.75, 3.05) is 13.1 Å². The molecule has 1 amide bonds. The lowest BCUT2D eigenvalue weighted by atomic mass is 9.93. The van der Waals surface area contributed by atoms with E-state index < -0.39 is 0 Å². The smallest absolute Gasteiger partial charge is 0.246 e. The summed E-state index contributed by atoms with van der Waals surface area (Å²) in [4.78, 5) is 16.0. The maximum Gasteiger partial charge on any atom is 0.246 e. The molecule has 0 atom stereocenters. The third kappa shape index (κ3) is 3.70. The molecule has 4 rings (SSSR count). The number of carbonyl (C=O) groups excluding carboxylic acids is 1. The van der Waals surface area contributed by atoms with Gasteiger partial charge in [-0.15, -0.1) is 0 Å². The molecule has 3 aromatic rings. The van der Waals surface area contributed by atoms with Gasteiger partial charge in [0.1, 0.15) is 17.6 Å². The monoisotopic (exact) mass is 338 g/mol. The van der Waals surface area contributed by atoms with Crippen LogP contribution in [0, 0.1) is 5.92 Å². The van der Waals surface area contributed by atoms with Crippen LogP contribution in [-0.2, 0) is 17.9 Å². The third-order valence-electron chi connectivity index (χ3n) is 4.90. The summed E-state index contributed by atoms with van der Waals surface area (Å²) < 4.78 is 1.98. The van der Waals surface area contributed by atoms with Crippen molar-refractivity contribution in [2.24, 2.45) is 5.92 Å². The summed E-state index contributed by atoms with van der Waals surface area (Å²) in [5.74, 6) is 0.768. The lowest BCUT2D eigenvalue weighted by Gasteiger charge is -2.32. The topological polar surface area (TPSA) is 68.8 Å². The SMILES string of the molecule is O=C(Cn1nc2ccccc2n1)N1CCC(CCn2cccn2)CC1. The normalized spacial score (nSPS) is 15.8. The van der Waals surface area contributed by atoms with Gasteiger partial charge < -0.3 is 4.90 Å². The number of aromatic nitrogens is 5. The maximum absolute atomic E-state index is 12.5. The van der Waals surface area contributed by atoms with Gasteiger partial charge in [-0.3, -0.25) is 9.48 Å². The van der Waals surface area contributed by atoms with Gasteiger partial charge in [0.15, 0.2) is 0 Å². The van der Waals surface area contributed by atoms with E-state index in [-0.39, 0.29) is 12.5 Å². The summed E-state index contributed by atoms with van der Waals surface area (Å²) in [5, 5.41) is 13.0. The van der Waals surface area contributed by atoms with Crippen molar-refractivity contribution in [1.29, 1.82) is 0 Å². The predicted molar refractivity (Wildman–Crippen MR) is 93.7 cm³/mol. The molecule has 0 unspecified atom stereocenters. The van der Waals surface area contributed by atoms with Crippen LogP contribution >= 0.6 is 0 Å². The summed E-state index contributed by atoms with van der Waals surface area (Å²) in [6.45, 7) is 2.81. The molecule has 1 aliphatic rings. The van der Waals surface area contributed by atoms with Gasteiger partial charge in [0.05, 0.1) is 0 Å². The number of carbonyl (C=O) groups is 1. The van der Waals surface area contributed by atoms with E-state index >= 15 is 0 Å². The van der Waals surface area contributed by atoms with Crippen LogP contribution in [0.15, 0.2) is 42.7 Å². The molecule has 2 aromatic heterocycles. The lowest BCUT2D eigenvalue weighted by Crippen LogP contribution is -2.40. The summed E-state index contributed by atoms with van der Waals surface area (Å²) in [6, 6.07) is 9.63. The fourth-order valence-electron chi connectivity index (χ4n) is 3.41. The molecule has 1 aromatic carbocycles. The Bertz CT molecular complexity index is 799. The van der Waals surface area contributed by atoms with E-state index in [1.165, 1.54) is 4.80 Å². The number of fused-ring (bicyclic) bond motifs is 1. The Morgan fingerprint density at radius 2 is 1.80 bits per heavy atom.